The number of hydrogen-bond acceptors (Lipinski definition) is 4. The summed E-state index contributed by atoms with van der Waals surface area (Å²) in [7, 11) is 1.37. The van der Waals surface area contributed by atoms with Crippen molar-refractivity contribution in [3.8, 4) is 0 Å². The van der Waals surface area contributed by atoms with Crippen LogP contribution in [0.3, 0.4) is 0 Å². The number of nitrogens with one attached hydrogen (secondary N) is 1. The molecular formula is C16H23NO4. The number of alkyl carbamates (subject to hydrolysis) is 1. The van der Waals surface area contributed by atoms with Crippen molar-refractivity contribution in [1.29, 1.82) is 0 Å². The van der Waals surface area contributed by atoms with E-state index < -0.39 is 22.6 Å². The van der Waals surface area contributed by atoms with Crippen LogP contribution in [0.2, 0.25) is 0 Å². The third-order valence-electron chi connectivity index (χ3n) is 3.96. The van der Waals surface area contributed by atoms with Gasteiger partial charge in [-0.1, -0.05) is 24.3 Å². The molecule has 2 rings (SSSR count). The van der Waals surface area contributed by atoms with Crippen LogP contribution in [0.5, 0.6) is 0 Å². The number of allylic oxidation sites excluding steroid dienone is 3. The van der Waals surface area contributed by atoms with Crippen LogP contribution < -0.4 is 5.32 Å². The highest BCUT2D eigenvalue weighted by Gasteiger charge is 2.63. The highest BCUT2D eigenvalue weighted by molar-refractivity contribution is 5.84. The fourth-order valence-electron chi connectivity index (χ4n) is 2.81. The van der Waals surface area contributed by atoms with Crippen LogP contribution >= 0.6 is 0 Å². The lowest BCUT2D eigenvalue weighted by molar-refractivity contribution is -0.152. The largest absolute Gasteiger partial charge is 0.468 e. The third kappa shape index (κ3) is 2.96. The molecule has 1 N–H and O–H groups in total. The van der Waals surface area contributed by atoms with Gasteiger partial charge in [-0.15, -0.1) is 0 Å². The van der Waals surface area contributed by atoms with Gasteiger partial charge in [0.25, 0.3) is 0 Å². The molecule has 1 saturated carbocycles. The molecule has 21 heavy (non-hydrogen) atoms. The second-order valence-corrected chi connectivity index (χ2v) is 6.66. The summed E-state index contributed by atoms with van der Waals surface area (Å²) in [5, 5.41) is 2.90. The molecule has 0 aromatic heterocycles. The predicted octanol–water partition coefficient (Wildman–Crippen LogP) is 2.72. The van der Waals surface area contributed by atoms with Crippen molar-refractivity contribution < 1.29 is 19.1 Å². The van der Waals surface area contributed by atoms with Crippen LogP contribution in [0, 0.1) is 5.41 Å². The monoisotopic (exact) mass is 293 g/mol. The number of carbonyl (C=O) groups is 2. The SMILES string of the molecule is COC(=O)C1(C2(NC(=O)OC(C)(C)C)CC2)C=CC=CC1. The Labute approximate surface area is 125 Å². The molecule has 0 radical (unpaired) electrons. The first-order valence-electron chi connectivity index (χ1n) is 7.19. The van der Waals surface area contributed by atoms with Gasteiger partial charge in [0, 0.05) is 0 Å². The van der Waals surface area contributed by atoms with Gasteiger partial charge in [-0.2, -0.15) is 0 Å². The van der Waals surface area contributed by atoms with Gasteiger partial charge in [-0.25, -0.2) is 4.79 Å². The number of rotatable bonds is 3. The smallest absolute Gasteiger partial charge is 0.408 e. The summed E-state index contributed by atoms with van der Waals surface area (Å²) in [5.41, 5.74) is -2.02. The van der Waals surface area contributed by atoms with Crippen molar-refractivity contribution in [2.75, 3.05) is 7.11 Å². The van der Waals surface area contributed by atoms with E-state index in [1.807, 2.05) is 45.1 Å². The first-order chi connectivity index (χ1) is 9.75. The summed E-state index contributed by atoms with van der Waals surface area (Å²) in [6, 6.07) is 0. The second-order valence-electron chi connectivity index (χ2n) is 6.66. The number of esters is 1. The zero-order valence-electron chi connectivity index (χ0n) is 13.1. The molecule has 0 saturated heterocycles. The lowest BCUT2D eigenvalue weighted by atomic mass is 9.73. The van der Waals surface area contributed by atoms with Crippen LogP contribution in [0.4, 0.5) is 4.79 Å². The number of ether oxygens (including phenoxy) is 2. The molecule has 2 aliphatic rings. The summed E-state index contributed by atoms with van der Waals surface area (Å²) in [5.74, 6) is -0.323. The van der Waals surface area contributed by atoms with Gasteiger partial charge in [0.05, 0.1) is 12.6 Å². The molecule has 0 aromatic rings. The first-order valence-corrected chi connectivity index (χ1v) is 7.19. The van der Waals surface area contributed by atoms with E-state index in [4.69, 9.17) is 9.47 Å². The third-order valence-corrected chi connectivity index (χ3v) is 3.96. The van der Waals surface area contributed by atoms with Gasteiger partial charge in [-0.3, -0.25) is 4.79 Å². The van der Waals surface area contributed by atoms with Gasteiger partial charge < -0.3 is 14.8 Å². The average Bonchev–Trinajstić information content (AvgIpc) is 3.17. The Morgan fingerprint density at radius 1 is 1.19 bits per heavy atom. The fourth-order valence-corrected chi connectivity index (χ4v) is 2.81. The highest BCUT2D eigenvalue weighted by atomic mass is 16.6. The van der Waals surface area contributed by atoms with Crippen molar-refractivity contribution in [3.63, 3.8) is 0 Å². The number of amides is 1. The van der Waals surface area contributed by atoms with E-state index in [0.717, 1.165) is 12.8 Å². The van der Waals surface area contributed by atoms with Gasteiger partial charge in [0.2, 0.25) is 0 Å². The molecule has 0 bridgehead atoms. The molecule has 2 aliphatic carbocycles. The van der Waals surface area contributed by atoms with Crippen LogP contribution in [0.1, 0.15) is 40.0 Å². The molecule has 1 atom stereocenters. The molecule has 1 amide bonds. The Bertz CT molecular complexity index is 497. The summed E-state index contributed by atoms with van der Waals surface area (Å²) in [4.78, 5) is 24.4. The van der Waals surface area contributed by atoms with Crippen molar-refractivity contribution in [1.82, 2.24) is 5.32 Å². The Kier molecular flexibility index (Phi) is 3.87. The van der Waals surface area contributed by atoms with Gasteiger partial charge in [0.15, 0.2) is 0 Å². The van der Waals surface area contributed by atoms with E-state index >= 15 is 0 Å². The fraction of sp³-hybridized carbons (Fsp3) is 0.625. The van der Waals surface area contributed by atoms with Crippen LogP contribution in [-0.4, -0.2) is 30.3 Å². The molecule has 5 nitrogen and oxygen atoms in total. The van der Waals surface area contributed by atoms with Crippen LogP contribution in [-0.2, 0) is 14.3 Å². The van der Waals surface area contributed by atoms with Crippen LogP contribution in [0.25, 0.3) is 0 Å². The molecule has 0 spiro atoms. The van der Waals surface area contributed by atoms with E-state index in [-0.39, 0.29) is 5.97 Å². The average molecular weight is 293 g/mol. The van der Waals surface area contributed by atoms with E-state index in [9.17, 15) is 9.59 Å². The number of methoxy groups -OCH3 is 1. The maximum Gasteiger partial charge on any atom is 0.408 e. The quantitative estimate of drug-likeness (QED) is 0.813. The topological polar surface area (TPSA) is 64.6 Å². The predicted molar refractivity (Wildman–Crippen MR) is 78.7 cm³/mol. The lowest BCUT2D eigenvalue weighted by Crippen LogP contribution is -2.54. The van der Waals surface area contributed by atoms with Crippen molar-refractivity contribution >= 4 is 12.1 Å². The molecule has 1 unspecified atom stereocenters. The van der Waals surface area contributed by atoms with Crippen molar-refractivity contribution in [3.05, 3.63) is 24.3 Å². The summed E-state index contributed by atoms with van der Waals surface area (Å²) in [6.45, 7) is 5.43. The summed E-state index contributed by atoms with van der Waals surface area (Å²) in [6.07, 6.45) is 8.98. The molecule has 116 valence electrons. The molecule has 0 aromatic carbocycles. The Balaban J connectivity index is 2.20. The molecular weight excluding hydrogens is 270 g/mol. The Hall–Kier alpha value is -1.78. The maximum absolute atomic E-state index is 12.3. The van der Waals surface area contributed by atoms with Gasteiger partial charge >= 0.3 is 12.1 Å². The van der Waals surface area contributed by atoms with E-state index in [2.05, 4.69) is 5.32 Å². The Morgan fingerprint density at radius 3 is 2.29 bits per heavy atom. The molecule has 5 heteroatoms. The normalized spacial score (nSPS) is 26.1. The minimum atomic E-state index is -0.840. The summed E-state index contributed by atoms with van der Waals surface area (Å²) < 4.78 is 10.3. The van der Waals surface area contributed by atoms with Crippen molar-refractivity contribution in [2.45, 2.75) is 51.2 Å². The summed E-state index contributed by atoms with van der Waals surface area (Å²) >= 11 is 0. The standard InChI is InChI=1S/C16H23NO4/c1-14(2,3)21-13(19)17-16(10-11-16)15(12(18)20-4)8-6-5-7-9-15/h5-8H,9-11H2,1-4H3,(H,17,19). The number of carbonyl (C=O) groups excluding carboxylic acids is 2. The van der Waals surface area contributed by atoms with E-state index in [0.29, 0.717) is 6.42 Å². The molecule has 0 heterocycles. The zero-order valence-corrected chi connectivity index (χ0v) is 13.1. The molecule has 0 aliphatic heterocycles. The van der Waals surface area contributed by atoms with E-state index in [1.54, 1.807) is 0 Å². The minimum Gasteiger partial charge on any atom is -0.468 e. The highest BCUT2D eigenvalue weighted by Crippen LogP contribution is 2.54. The second kappa shape index (κ2) is 5.20. The van der Waals surface area contributed by atoms with Crippen LogP contribution in [0.15, 0.2) is 24.3 Å². The maximum atomic E-state index is 12.3. The number of hydrogen-bond donors (Lipinski definition) is 1. The van der Waals surface area contributed by atoms with Gasteiger partial charge in [0.1, 0.15) is 11.0 Å². The van der Waals surface area contributed by atoms with Crippen molar-refractivity contribution in [2.24, 2.45) is 5.41 Å². The van der Waals surface area contributed by atoms with Gasteiger partial charge in [-0.05, 0) is 40.0 Å². The molecule has 1 fully saturated rings. The first kappa shape index (κ1) is 15.6. The Morgan fingerprint density at radius 2 is 1.86 bits per heavy atom. The lowest BCUT2D eigenvalue weighted by Gasteiger charge is -2.37. The van der Waals surface area contributed by atoms with E-state index in [1.165, 1.54) is 7.11 Å². The minimum absolute atomic E-state index is 0.323. The zero-order chi connectivity index (χ0) is 15.7.